The number of rotatable bonds is 6. The molecule has 4 rings (SSSR count). The zero-order valence-electron chi connectivity index (χ0n) is 21.2. The van der Waals surface area contributed by atoms with E-state index < -0.39 is 10.4 Å². The number of hydrogen-bond acceptors (Lipinski definition) is 6. The van der Waals surface area contributed by atoms with Crippen LogP contribution in [0.15, 0.2) is 0 Å². The summed E-state index contributed by atoms with van der Waals surface area (Å²) >= 11 is 0. The third-order valence-corrected chi connectivity index (χ3v) is 11.4. The quantitative estimate of drug-likeness (QED) is 0.326. The third kappa shape index (κ3) is 5.01. The van der Waals surface area contributed by atoms with Crippen molar-refractivity contribution in [3.05, 3.63) is 0 Å². The minimum Gasteiger partial charge on any atom is -0.726 e. The van der Waals surface area contributed by atoms with Crippen molar-refractivity contribution in [3.8, 4) is 0 Å². The van der Waals surface area contributed by atoms with E-state index in [1.165, 1.54) is 0 Å². The van der Waals surface area contributed by atoms with Gasteiger partial charge in [0.2, 0.25) is 10.4 Å². The Bertz CT molecular complexity index is 792. The van der Waals surface area contributed by atoms with Gasteiger partial charge < -0.3 is 14.8 Å². The molecule has 0 bridgehead atoms. The van der Waals surface area contributed by atoms with Crippen LogP contribution in [0.1, 0.15) is 85.5 Å². The first-order valence-corrected chi connectivity index (χ1v) is 14.2. The van der Waals surface area contributed by atoms with Gasteiger partial charge in [-0.05, 0) is 104 Å². The first-order valence-electron chi connectivity index (χ1n) is 12.9. The monoisotopic (exact) mass is 494 g/mol. The van der Waals surface area contributed by atoms with Gasteiger partial charge in [0, 0.05) is 0 Å². The van der Waals surface area contributed by atoms with Crippen LogP contribution >= 0.6 is 0 Å². The van der Waals surface area contributed by atoms with Crippen molar-refractivity contribution in [1.82, 2.24) is 0 Å². The largest absolute Gasteiger partial charge is 1.00 e. The molecule has 0 aromatic carbocycles. The second-order valence-electron chi connectivity index (χ2n) is 12.1. The van der Waals surface area contributed by atoms with E-state index in [0.29, 0.717) is 36.0 Å². The van der Waals surface area contributed by atoms with E-state index in [0.717, 1.165) is 51.4 Å². The van der Waals surface area contributed by atoms with E-state index in [1.54, 1.807) is 0 Å². The molecule has 2 N–H and O–H groups in total. The number of aliphatic hydroxyl groups excluding tert-OH is 2. The van der Waals surface area contributed by atoms with Crippen molar-refractivity contribution in [2.45, 2.75) is 97.7 Å². The van der Waals surface area contributed by atoms with Gasteiger partial charge in [-0.25, -0.2) is 8.42 Å². The van der Waals surface area contributed by atoms with Gasteiger partial charge in [0.25, 0.3) is 0 Å². The summed E-state index contributed by atoms with van der Waals surface area (Å²) in [6.45, 7) is 9.17. The molecule has 0 aromatic heterocycles. The molecule has 8 heteroatoms. The maximum absolute atomic E-state index is 11.7. The Labute approximate surface area is 222 Å². The molecule has 4 saturated carbocycles. The summed E-state index contributed by atoms with van der Waals surface area (Å²) in [4.78, 5) is 0. The molecule has 186 valence electrons. The average Bonchev–Trinajstić information content (AvgIpc) is 3.06. The molecule has 33 heavy (non-hydrogen) atoms. The van der Waals surface area contributed by atoms with Crippen molar-refractivity contribution in [3.63, 3.8) is 0 Å². The van der Waals surface area contributed by atoms with Crippen molar-refractivity contribution in [2.75, 3.05) is 6.61 Å². The normalized spacial score (nSPS) is 48.2. The van der Waals surface area contributed by atoms with Crippen molar-refractivity contribution >= 4 is 10.4 Å². The summed E-state index contributed by atoms with van der Waals surface area (Å²) in [6, 6.07) is 0. The third-order valence-electron chi connectivity index (χ3n) is 11.0. The van der Waals surface area contributed by atoms with Gasteiger partial charge in [0.1, 0.15) is 0 Å². The summed E-state index contributed by atoms with van der Waals surface area (Å²) in [7, 11) is -4.64. The predicted octanol–water partition coefficient (Wildman–Crippen LogP) is 1.12. The molecule has 4 fully saturated rings. The zero-order valence-corrected chi connectivity index (χ0v) is 24.0. The maximum Gasteiger partial charge on any atom is 1.00 e. The van der Waals surface area contributed by atoms with Crippen LogP contribution in [0.2, 0.25) is 0 Å². The SMILES string of the molecule is CC[C@H]1C(O)C2[C@@H]3CC[C@H]([C@H](C)CCOS(=O)(=O)[O-])[C@@]3(C)CC[C@@H]2[C@@]2(C)CC[C@@H](O)C[C@@H]12.[Na+]. The van der Waals surface area contributed by atoms with Crippen LogP contribution in [0.25, 0.3) is 0 Å². The van der Waals surface area contributed by atoms with E-state index >= 15 is 0 Å². The molecular formula is C25H43NaO6S. The van der Waals surface area contributed by atoms with Crippen LogP contribution in [0.5, 0.6) is 0 Å². The van der Waals surface area contributed by atoms with Gasteiger partial charge in [-0.15, -0.1) is 0 Å². The number of aliphatic hydroxyl groups is 2. The summed E-state index contributed by atoms with van der Waals surface area (Å²) in [5, 5.41) is 22.1. The Morgan fingerprint density at radius 1 is 1.03 bits per heavy atom. The van der Waals surface area contributed by atoms with Crippen molar-refractivity contribution in [1.29, 1.82) is 0 Å². The van der Waals surface area contributed by atoms with Gasteiger partial charge in [0.05, 0.1) is 18.8 Å². The summed E-state index contributed by atoms with van der Waals surface area (Å²) in [6.07, 6.45) is 8.26. The molecule has 4 aliphatic rings. The Hall–Kier alpha value is 0.790. The van der Waals surface area contributed by atoms with E-state index in [9.17, 15) is 23.2 Å². The van der Waals surface area contributed by atoms with Crippen molar-refractivity contribution < 1.29 is 56.9 Å². The van der Waals surface area contributed by atoms with Gasteiger partial charge >= 0.3 is 29.6 Å². The molecule has 0 aromatic rings. The van der Waals surface area contributed by atoms with E-state index in [2.05, 4.69) is 31.9 Å². The Kier molecular flexibility index (Phi) is 8.83. The van der Waals surface area contributed by atoms with E-state index in [4.69, 9.17) is 0 Å². The fraction of sp³-hybridized carbons (Fsp3) is 1.00. The fourth-order valence-corrected chi connectivity index (χ4v) is 9.77. The summed E-state index contributed by atoms with van der Waals surface area (Å²) in [5.74, 6) is 2.69. The zero-order chi connectivity index (χ0) is 23.5. The topological polar surface area (TPSA) is 107 Å². The van der Waals surface area contributed by atoms with Gasteiger partial charge in [-0.2, -0.15) is 0 Å². The molecular weight excluding hydrogens is 451 g/mol. The van der Waals surface area contributed by atoms with Gasteiger partial charge in [-0.1, -0.05) is 34.1 Å². The van der Waals surface area contributed by atoms with E-state index in [1.807, 2.05) is 0 Å². The minimum absolute atomic E-state index is 0. The first-order chi connectivity index (χ1) is 14.9. The molecule has 0 amide bonds. The van der Waals surface area contributed by atoms with Crippen molar-refractivity contribution in [2.24, 2.45) is 52.3 Å². The molecule has 0 aliphatic heterocycles. The molecule has 0 radical (unpaired) electrons. The van der Waals surface area contributed by atoms with Crippen LogP contribution in [0.3, 0.4) is 0 Å². The molecule has 6 nitrogen and oxygen atoms in total. The Balaban J connectivity index is 0.00000306. The molecule has 2 unspecified atom stereocenters. The van der Waals surface area contributed by atoms with Crippen LogP contribution in [0, 0.1) is 52.3 Å². The summed E-state index contributed by atoms with van der Waals surface area (Å²) in [5.41, 5.74) is 0.332. The number of fused-ring (bicyclic) bond motifs is 5. The molecule has 0 heterocycles. The van der Waals surface area contributed by atoms with Gasteiger partial charge in [-0.3, -0.25) is 4.18 Å². The maximum atomic E-state index is 11.7. The van der Waals surface area contributed by atoms with E-state index in [-0.39, 0.29) is 71.0 Å². The fourth-order valence-electron chi connectivity index (χ4n) is 9.47. The molecule has 0 spiro atoms. The molecule has 0 saturated heterocycles. The molecule has 11 atom stereocenters. The van der Waals surface area contributed by atoms with Crippen LogP contribution < -0.4 is 29.6 Å². The minimum atomic E-state index is -4.64. The van der Waals surface area contributed by atoms with Gasteiger partial charge in [0.15, 0.2) is 0 Å². The van der Waals surface area contributed by atoms with Crippen LogP contribution in [-0.2, 0) is 14.6 Å². The number of hydrogen-bond donors (Lipinski definition) is 2. The molecule has 4 aliphatic carbocycles. The Morgan fingerprint density at radius 2 is 1.67 bits per heavy atom. The Morgan fingerprint density at radius 3 is 2.30 bits per heavy atom. The first kappa shape index (κ1) is 28.4. The van der Waals surface area contributed by atoms with Crippen LogP contribution in [0.4, 0.5) is 0 Å². The summed E-state index contributed by atoms with van der Waals surface area (Å²) < 4.78 is 37.0. The second-order valence-corrected chi connectivity index (χ2v) is 13.2. The second kappa shape index (κ2) is 10.3. The average molecular weight is 495 g/mol. The standard InChI is InChI=1S/C25H44O6S.Na/c1-5-17-21-14-16(26)8-11-25(21,4)20-9-12-24(3)18(6-7-19(24)22(20)23(17)27)15(2)10-13-31-32(28,29)30;/h15-23,26-27H,5-14H2,1-4H3,(H,28,29,30);/q;+1/p-1/t15-,16-,17-,18-,19+,20+,21+,22?,23?,24-,25-;/m1./s1. The van der Waals surface area contributed by atoms with Crippen LogP contribution in [-0.4, -0.2) is 42.0 Å². The smallest absolute Gasteiger partial charge is 0.726 e. The predicted molar refractivity (Wildman–Crippen MR) is 121 cm³/mol.